The zero-order chi connectivity index (χ0) is 12.3. The van der Waals surface area contributed by atoms with Crippen molar-refractivity contribution in [1.29, 1.82) is 0 Å². The third kappa shape index (κ3) is 3.06. The molecular weight excluding hydrogens is 244 g/mol. The van der Waals surface area contributed by atoms with Gasteiger partial charge in [0.2, 0.25) is 5.09 Å². The van der Waals surface area contributed by atoms with Crippen LogP contribution in [0.4, 0.5) is 0 Å². The minimum Gasteiger partial charge on any atom is -0.447 e. The highest BCUT2D eigenvalue weighted by Gasteiger charge is 2.25. The summed E-state index contributed by atoms with van der Waals surface area (Å²) in [5.41, 5.74) is 0. The summed E-state index contributed by atoms with van der Waals surface area (Å²) in [6.45, 7) is 1.52. The Labute approximate surface area is 100 Å². The number of ether oxygens (including phenoxy) is 1. The van der Waals surface area contributed by atoms with Crippen LogP contribution in [0.3, 0.4) is 0 Å². The van der Waals surface area contributed by atoms with Gasteiger partial charge in [0.25, 0.3) is 10.0 Å². The number of rotatable bonds is 5. The van der Waals surface area contributed by atoms with Crippen molar-refractivity contribution in [2.45, 2.75) is 24.1 Å². The Morgan fingerprint density at radius 1 is 1.47 bits per heavy atom. The van der Waals surface area contributed by atoms with Crippen molar-refractivity contribution in [3.05, 3.63) is 17.9 Å². The molecule has 1 saturated heterocycles. The van der Waals surface area contributed by atoms with Crippen LogP contribution in [0, 0.1) is 0 Å². The molecule has 0 radical (unpaired) electrons. The topological polar surface area (TPSA) is 80.6 Å². The number of hydrogen-bond acceptors (Lipinski definition) is 5. The molecule has 1 aliphatic rings. The molecule has 0 aromatic carbocycles. The molecule has 0 saturated carbocycles. The molecule has 2 N–H and O–H groups in total. The van der Waals surface area contributed by atoms with Gasteiger partial charge in [0, 0.05) is 12.6 Å². The van der Waals surface area contributed by atoms with Crippen molar-refractivity contribution in [1.82, 2.24) is 10.0 Å². The fourth-order valence-corrected chi connectivity index (χ4v) is 2.88. The lowest BCUT2D eigenvalue weighted by Crippen LogP contribution is -2.34. The van der Waals surface area contributed by atoms with Gasteiger partial charge in [-0.3, -0.25) is 0 Å². The second-order valence-electron chi connectivity index (χ2n) is 3.93. The maximum atomic E-state index is 11.9. The van der Waals surface area contributed by atoms with Crippen molar-refractivity contribution < 1.29 is 17.6 Å². The molecule has 0 amide bonds. The van der Waals surface area contributed by atoms with Gasteiger partial charge in [-0.1, -0.05) is 0 Å². The van der Waals surface area contributed by atoms with Gasteiger partial charge in [-0.25, -0.2) is 13.1 Å². The van der Waals surface area contributed by atoms with Gasteiger partial charge in [0.15, 0.2) is 0 Å². The quantitative estimate of drug-likeness (QED) is 0.783. The molecule has 0 aliphatic carbocycles. The van der Waals surface area contributed by atoms with Crippen LogP contribution in [-0.2, 0) is 21.3 Å². The second kappa shape index (κ2) is 5.18. The third-order valence-corrected chi connectivity index (χ3v) is 3.90. The highest BCUT2D eigenvalue weighted by molar-refractivity contribution is 7.89. The maximum absolute atomic E-state index is 11.9. The molecule has 1 aromatic rings. The summed E-state index contributed by atoms with van der Waals surface area (Å²) < 4.78 is 36.8. The summed E-state index contributed by atoms with van der Waals surface area (Å²) in [6, 6.07) is 2.96. The monoisotopic (exact) mass is 260 g/mol. The standard InChI is InChI=1S/C10H16N2O4S/c1-11-6-9-2-3-10(16-9)17(13,14)12-8-4-5-15-7-8/h2-3,8,11-12H,4-7H2,1H3. The number of sulfonamides is 1. The minimum absolute atomic E-state index is 0.0466. The zero-order valence-corrected chi connectivity index (χ0v) is 10.4. The molecule has 2 heterocycles. The van der Waals surface area contributed by atoms with E-state index in [-0.39, 0.29) is 11.1 Å². The molecule has 0 spiro atoms. The summed E-state index contributed by atoms with van der Waals surface area (Å²) >= 11 is 0. The van der Waals surface area contributed by atoms with Crippen molar-refractivity contribution >= 4 is 10.0 Å². The normalized spacial score (nSPS) is 20.9. The Kier molecular flexibility index (Phi) is 3.82. The molecule has 6 nitrogen and oxygen atoms in total. The Morgan fingerprint density at radius 3 is 2.94 bits per heavy atom. The Hall–Kier alpha value is -0.890. The van der Waals surface area contributed by atoms with Crippen LogP contribution < -0.4 is 10.0 Å². The van der Waals surface area contributed by atoms with E-state index >= 15 is 0 Å². The highest BCUT2D eigenvalue weighted by Crippen LogP contribution is 2.15. The van der Waals surface area contributed by atoms with E-state index in [9.17, 15) is 8.42 Å². The predicted octanol–water partition coefficient (Wildman–Crippen LogP) is 0.0662. The van der Waals surface area contributed by atoms with Gasteiger partial charge in [0.05, 0.1) is 13.2 Å². The van der Waals surface area contributed by atoms with E-state index in [0.717, 1.165) is 0 Å². The molecule has 1 aromatic heterocycles. The van der Waals surface area contributed by atoms with Gasteiger partial charge >= 0.3 is 0 Å². The van der Waals surface area contributed by atoms with E-state index in [1.54, 1.807) is 13.1 Å². The average molecular weight is 260 g/mol. The van der Waals surface area contributed by atoms with E-state index in [1.807, 2.05) is 0 Å². The Morgan fingerprint density at radius 2 is 2.29 bits per heavy atom. The molecule has 0 bridgehead atoms. The smallest absolute Gasteiger partial charge is 0.274 e. The first-order chi connectivity index (χ1) is 8.12. The van der Waals surface area contributed by atoms with Gasteiger partial charge in [0.1, 0.15) is 5.76 Å². The SMILES string of the molecule is CNCc1ccc(S(=O)(=O)NC2CCOC2)o1. The van der Waals surface area contributed by atoms with Crippen LogP contribution in [0.25, 0.3) is 0 Å². The summed E-state index contributed by atoms with van der Waals surface area (Å²) in [6.07, 6.45) is 0.698. The summed E-state index contributed by atoms with van der Waals surface area (Å²) in [5, 5.41) is 2.85. The van der Waals surface area contributed by atoms with Crippen molar-refractivity contribution in [3.63, 3.8) is 0 Å². The second-order valence-corrected chi connectivity index (χ2v) is 5.58. The van der Waals surface area contributed by atoms with E-state index in [1.165, 1.54) is 6.07 Å². The molecule has 2 rings (SSSR count). The number of hydrogen-bond donors (Lipinski definition) is 2. The van der Waals surface area contributed by atoms with Crippen LogP contribution in [0.15, 0.2) is 21.6 Å². The summed E-state index contributed by atoms with van der Waals surface area (Å²) in [7, 11) is -1.80. The number of nitrogens with one attached hydrogen (secondary N) is 2. The largest absolute Gasteiger partial charge is 0.447 e. The lowest BCUT2D eigenvalue weighted by molar-refractivity contribution is 0.192. The molecule has 1 unspecified atom stereocenters. The van der Waals surface area contributed by atoms with Crippen LogP contribution >= 0.6 is 0 Å². The molecule has 1 atom stereocenters. The first-order valence-corrected chi connectivity index (χ1v) is 6.93. The molecule has 1 fully saturated rings. The first-order valence-electron chi connectivity index (χ1n) is 5.45. The molecule has 1 aliphatic heterocycles. The third-order valence-electron chi connectivity index (χ3n) is 2.50. The van der Waals surface area contributed by atoms with E-state index in [0.29, 0.717) is 31.9 Å². The zero-order valence-electron chi connectivity index (χ0n) is 9.60. The van der Waals surface area contributed by atoms with Gasteiger partial charge in [-0.15, -0.1) is 0 Å². The van der Waals surface area contributed by atoms with Crippen molar-refractivity contribution in [2.75, 3.05) is 20.3 Å². The predicted molar refractivity (Wildman–Crippen MR) is 61.0 cm³/mol. The fraction of sp³-hybridized carbons (Fsp3) is 0.600. The average Bonchev–Trinajstić information content (AvgIpc) is 2.88. The lowest BCUT2D eigenvalue weighted by Gasteiger charge is -2.09. The van der Waals surface area contributed by atoms with Crippen molar-refractivity contribution in [2.24, 2.45) is 0 Å². The van der Waals surface area contributed by atoms with E-state index < -0.39 is 10.0 Å². The Balaban J connectivity index is 2.07. The fourth-order valence-electron chi connectivity index (χ4n) is 1.68. The Bertz CT molecular complexity index is 462. The van der Waals surface area contributed by atoms with Gasteiger partial charge in [-0.2, -0.15) is 0 Å². The first kappa shape index (κ1) is 12.6. The minimum atomic E-state index is -3.57. The molecule has 7 heteroatoms. The van der Waals surface area contributed by atoms with E-state index in [4.69, 9.17) is 9.15 Å². The highest BCUT2D eigenvalue weighted by atomic mass is 32.2. The summed E-state index contributed by atoms with van der Waals surface area (Å²) in [5.74, 6) is 0.593. The molecule has 96 valence electrons. The van der Waals surface area contributed by atoms with Crippen LogP contribution in [0.5, 0.6) is 0 Å². The molecular formula is C10H16N2O4S. The van der Waals surface area contributed by atoms with Crippen molar-refractivity contribution in [3.8, 4) is 0 Å². The summed E-state index contributed by atoms with van der Waals surface area (Å²) in [4.78, 5) is 0. The van der Waals surface area contributed by atoms with Gasteiger partial charge < -0.3 is 14.5 Å². The van der Waals surface area contributed by atoms with Gasteiger partial charge in [-0.05, 0) is 25.6 Å². The van der Waals surface area contributed by atoms with Crippen LogP contribution in [-0.4, -0.2) is 34.7 Å². The molecule has 17 heavy (non-hydrogen) atoms. The maximum Gasteiger partial charge on any atom is 0.274 e. The van der Waals surface area contributed by atoms with Crippen LogP contribution in [0.1, 0.15) is 12.2 Å². The van der Waals surface area contributed by atoms with Crippen LogP contribution in [0.2, 0.25) is 0 Å². The lowest BCUT2D eigenvalue weighted by atomic mass is 10.3. The number of furan rings is 1. The van der Waals surface area contributed by atoms with E-state index in [2.05, 4.69) is 10.0 Å².